The second-order valence-corrected chi connectivity index (χ2v) is 6.30. The van der Waals surface area contributed by atoms with Crippen LogP contribution in [0.5, 0.6) is 0 Å². The molecule has 0 radical (unpaired) electrons. The summed E-state index contributed by atoms with van der Waals surface area (Å²) in [5.74, 6) is 0. The molecule has 2 aromatic rings. The third kappa shape index (κ3) is 7.23. The van der Waals surface area contributed by atoms with Gasteiger partial charge in [-0.1, -0.05) is 58.5 Å². The van der Waals surface area contributed by atoms with Gasteiger partial charge in [0.1, 0.15) is 0 Å². The van der Waals surface area contributed by atoms with Crippen LogP contribution in [0, 0.1) is 10.1 Å². The van der Waals surface area contributed by atoms with Crippen molar-refractivity contribution >= 4 is 46.4 Å². The van der Waals surface area contributed by atoms with E-state index in [-0.39, 0.29) is 19.3 Å². The van der Waals surface area contributed by atoms with Crippen LogP contribution in [0.25, 0.3) is 0 Å². The van der Waals surface area contributed by atoms with Crippen LogP contribution < -0.4 is 5.73 Å². The normalized spacial score (nSPS) is 11.4. The third-order valence-corrected chi connectivity index (χ3v) is 4.28. The number of hydrogen-bond acceptors (Lipinski definition) is 4. The zero-order valence-electron chi connectivity index (χ0n) is 12.7. The number of halogens is 4. The molecule has 1 unspecified atom stereocenters. The Hall–Kier alpha value is -1.28. The van der Waals surface area contributed by atoms with E-state index in [1.807, 2.05) is 0 Å². The molecular formula is C15H14Cl4N2O4. The molecule has 0 heterocycles. The fourth-order valence-electron chi connectivity index (χ4n) is 1.90. The Balaban J connectivity index is 0.000000705. The average Bonchev–Trinajstić information content (AvgIpc) is 2.51. The molecule has 0 aliphatic heterocycles. The van der Waals surface area contributed by atoms with Gasteiger partial charge in [0.05, 0.1) is 12.7 Å². The van der Waals surface area contributed by atoms with E-state index in [4.69, 9.17) is 72.2 Å². The van der Waals surface area contributed by atoms with Crippen LogP contribution in [0.1, 0.15) is 17.2 Å². The maximum atomic E-state index is 8.36. The molecular weight excluding hydrogens is 414 g/mol. The molecule has 25 heavy (non-hydrogen) atoms. The molecule has 0 saturated heterocycles. The van der Waals surface area contributed by atoms with Crippen molar-refractivity contribution in [1.82, 2.24) is 0 Å². The Kier molecular flexibility index (Phi) is 9.27. The molecule has 136 valence electrons. The van der Waals surface area contributed by atoms with E-state index in [0.29, 0.717) is 20.1 Å². The van der Waals surface area contributed by atoms with Crippen LogP contribution in [0.4, 0.5) is 0 Å². The summed E-state index contributed by atoms with van der Waals surface area (Å²) in [4.78, 5) is 8.36. The van der Waals surface area contributed by atoms with Gasteiger partial charge in [0.25, 0.3) is 5.09 Å². The van der Waals surface area contributed by atoms with Gasteiger partial charge >= 0.3 is 0 Å². The van der Waals surface area contributed by atoms with Crippen LogP contribution in [0.2, 0.25) is 20.1 Å². The Labute approximate surface area is 164 Å². The average molecular weight is 428 g/mol. The van der Waals surface area contributed by atoms with E-state index in [2.05, 4.69) is 0 Å². The van der Waals surface area contributed by atoms with E-state index in [1.54, 1.807) is 36.4 Å². The molecule has 6 nitrogen and oxygen atoms in total. The van der Waals surface area contributed by atoms with Crippen LogP contribution in [-0.4, -0.2) is 16.8 Å². The zero-order chi connectivity index (χ0) is 19.0. The first-order valence-corrected chi connectivity index (χ1v) is 8.30. The molecule has 3 N–H and O–H groups in total. The van der Waals surface area contributed by atoms with Gasteiger partial charge in [0, 0.05) is 37.8 Å². The minimum absolute atomic E-state index is 0.249. The maximum Gasteiger partial charge on any atom is 0.291 e. The van der Waals surface area contributed by atoms with Gasteiger partial charge < -0.3 is 15.7 Å². The van der Waals surface area contributed by atoms with Crippen molar-refractivity contribution in [3.63, 3.8) is 0 Å². The Morgan fingerprint density at radius 2 is 1.68 bits per heavy atom. The molecule has 10 heteroatoms. The molecule has 0 aliphatic carbocycles. The van der Waals surface area contributed by atoms with Gasteiger partial charge in [0.15, 0.2) is 0 Å². The Morgan fingerprint density at radius 1 is 1.12 bits per heavy atom. The molecule has 2 aromatic carbocycles. The SMILES string of the molecule is NCC(OCc1c(Cl)cccc1Cl)c1ccc(Cl)cc1Cl.O=[N+]([O-])O. The van der Waals surface area contributed by atoms with Crippen molar-refractivity contribution in [1.29, 1.82) is 0 Å². The summed E-state index contributed by atoms with van der Waals surface area (Å²) < 4.78 is 5.82. The molecule has 0 saturated carbocycles. The van der Waals surface area contributed by atoms with Crippen molar-refractivity contribution in [2.24, 2.45) is 5.73 Å². The third-order valence-electron chi connectivity index (χ3n) is 3.01. The second kappa shape index (κ2) is 10.7. The van der Waals surface area contributed by atoms with Crippen LogP contribution in [0.3, 0.4) is 0 Å². The van der Waals surface area contributed by atoms with Crippen LogP contribution in [-0.2, 0) is 11.3 Å². The topological polar surface area (TPSA) is 98.6 Å². The number of benzene rings is 2. The molecule has 0 aromatic heterocycles. The van der Waals surface area contributed by atoms with E-state index in [0.717, 1.165) is 11.1 Å². The largest absolute Gasteiger partial charge is 0.367 e. The quantitative estimate of drug-likeness (QED) is 0.506. The maximum absolute atomic E-state index is 8.36. The zero-order valence-corrected chi connectivity index (χ0v) is 15.7. The van der Waals surface area contributed by atoms with Crippen molar-refractivity contribution in [3.05, 3.63) is 77.7 Å². The van der Waals surface area contributed by atoms with Gasteiger partial charge in [-0.15, -0.1) is 10.1 Å². The minimum Gasteiger partial charge on any atom is -0.367 e. The van der Waals surface area contributed by atoms with Gasteiger partial charge in [-0.25, -0.2) is 0 Å². The predicted octanol–water partition coefficient (Wildman–Crippen LogP) is 5.17. The summed E-state index contributed by atoms with van der Waals surface area (Å²) in [6, 6.07) is 10.5. The van der Waals surface area contributed by atoms with Crippen molar-refractivity contribution in [2.45, 2.75) is 12.7 Å². The fourth-order valence-corrected chi connectivity index (χ4v) is 2.94. The lowest BCUT2D eigenvalue weighted by atomic mass is 10.1. The molecule has 0 spiro atoms. The number of nitrogens with zero attached hydrogens (tertiary/aromatic N) is 1. The second-order valence-electron chi connectivity index (χ2n) is 4.64. The van der Waals surface area contributed by atoms with Gasteiger partial charge in [0.2, 0.25) is 0 Å². The van der Waals surface area contributed by atoms with Crippen molar-refractivity contribution < 1.29 is 15.0 Å². The summed E-state index contributed by atoms with van der Waals surface area (Å²) in [7, 11) is 0. The minimum atomic E-state index is -1.50. The summed E-state index contributed by atoms with van der Waals surface area (Å²) in [5.41, 5.74) is 7.28. The number of ether oxygens (including phenoxy) is 1. The summed E-state index contributed by atoms with van der Waals surface area (Å²) in [5, 5.41) is 15.8. The molecule has 0 aliphatic rings. The van der Waals surface area contributed by atoms with Gasteiger partial charge in [-0.3, -0.25) is 0 Å². The highest BCUT2D eigenvalue weighted by molar-refractivity contribution is 6.36. The fraction of sp³-hybridized carbons (Fsp3) is 0.200. The lowest BCUT2D eigenvalue weighted by Gasteiger charge is -2.19. The molecule has 0 amide bonds. The summed E-state index contributed by atoms with van der Waals surface area (Å²) >= 11 is 24.3. The Morgan fingerprint density at radius 3 is 2.16 bits per heavy atom. The lowest BCUT2D eigenvalue weighted by Crippen LogP contribution is -2.16. The highest BCUT2D eigenvalue weighted by Gasteiger charge is 2.16. The first-order valence-electron chi connectivity index (χ1n) is 6.79. The molecule has 0 fully saturated rings. The highest BCUT2D eigenvalue weighted by Crippen LogP contribution is 2.31. The first kappa shape index (κ1) is 21.8. The predicted molar refractivity (Wildman–Crippen MR) is 98.3 cm³/mol. The first-order chi connectivity index (χ1) is 11.8. The molecule has 2 rings (SSSR count). The van der Waals surface area contributed by atoms with E-state index >= 15 is 0 Å². The Bertz CT molecular complexity index is 706. The molecule has 1 atom stereocenters. The standard InChI is InChI=1S/C15H13Cl4NO.HNO3/c16-9-4-5-10(14(19)6-9)15(7-20)21-8-11-12(17)2-1-3-13(11)18;2-1(3)4/h1-6,15H,7-8,20H2;(H,2,3,4). The summed E-state index contributed by atoms with van der Waals surface area (Å²) in [6.45, 7) is 0.531. The smallest absolute Gasteiger partial charge is 0.291 e. The van der Waals surface area contributed by atoms with E-state index in [1.165, 1.54) is 0 Å². The van der Waals surface area contributed by atoms with E-state index in [9.17, 15) is 0 Å². The van der Waals surface area contributed by atoms with Crippen molar-refractivity contribution in [2.75, 3.05) is 6.54 Å². The van der Waals surface area contributed by atoms with Gasteiger partial charge in [-0.2, -0.15) is 0 Å². The van der Waals surface area contributed by atoms with Crippen LogP contribution in [0.15, 0.2) is 36.4 Å². The van der Waals surface area contributed by atoms with Crippen LogP contribution >= 0.6 is 46.4 Å². The van der Waals surface area contributed by atoms with E-state index < -0.39 is 5.09 Å². The van der Waals surface area contributed by atoms with Crippen molar-refractivity contribution in [3.8, 4) is 0 Å². The highest BCUT2D eigenvalue weighted by atomic mass is 35.5. The summed E-state index contributed by atoms with van der Waals surface area (Å²) in [6.07, 6.45) is -0.359. The monoisotopic (exact) mass is 426 g/mol. The van der Waals surface area contributed by atoms with Gasteiger partial charge in [-0.05, 0) is 24.3 Å². The molecule has 0 bridgehead atoms. The number of nitrogens with two attached hydrogens (primary N) is 1. The number of rotatable bonds is 5. The number of hydrogen-bond donors (Lipinski definition) is 2. The lowest BCUT2D eigenvalue weighted by molar-refractivity contribution is -0.742.